The Labute approximate surface area is 115 Å². The van der Waals surface area contributed by atoms with Gasteiger partial charge in [0.15, 0.2) is 0 Å². The summed E-state index contributed by atoms with van der Waals surface area (Å²) in [7, 11) is 1.54. The molecule has 0 aromatic carbocycles. The molecule has 0 radical (unpaired) electrons. The van der Waals surface area contributed by atoms with Crippen LogP contribution in [-0.2, 0) is 13.8 Å². The summed E-state index contributed by atoms with van der Waals surface area (Å²) in [6, 6.07) is 3.27. The number of hydrogen-bond donors (Lipinski definition) is 0. The van der Waals surface area contributed by atoms with Gasteiger partial charge < -0.3 is 4.74 Å². The second-order valence-electron chi connectivity index (χ2n) is 4.09. The highest BCUT2D eigenvalue weighted by Crippen LogP contribution is 2.27. The van der Waals surface area contributed by atoms with Gasteiger partial charge in [-0.2, -0.15) is 0 Å². The molecular formula is C11H13ClN2O4S. The van der Waals surface area contributed by atoms with Crippen LogP contribution in [0.25, 0.3) is 0 Å². The molecule has 0 N–H and O–H groups in total. The molecule has 1 aliphatic heterocycles. The molecule has 1 saturated heterocycles. The molecule has 0 spiro atoms. The van der Waals surface area contributed by atoms with Crippen LogP contribution in [0.1, 0.15) is 13.3 Å². The molecule has 2 rings (SSSR count). The van der Waals surface area contributed by atoms with Crippen molar-refractivity contribution in [2.24, 2.45) is 0 Å². The normalized spacial score (nSPS) is 19.8. The number of carbonyl (C=O) groups excluding carboxylic acids is 1. The number of halogens is 1. The summed E-state index contributed by atoms with van der Waals surface area (Å²) in [4.78, 5) is 17.2. The van der Waals surface area contributed by atoms with Crippen molar-refractivity contribution in [3.63, 3.8) is 0 Å². The molecule has 0 bridgehead atoms. The maximum Gasteiger partial charge on any atom is 0.237 e. The quantitative estimate of drug-likeness (QED) is 0.780. The predicted octanol–water partition coefficient (Wildman–Crippen LogP) is 1.15. The second kappa shape index (κ2) is 5.34. The summed E-state index contributed by atoms with van der Waals surface area (Å²) in [5.41, 5.74) is 0. The lowest BCUT2D eigenvalue weighted by Gasteiger charge is -2.15. The first-order valence-corrected chi connectivity index (χ1v) is 8.11. The van der Waals surface area contributed by atoms with Gasteiger partial charge in [-0.05, 0) is 13.0 Å². The van der Waals surface area contributed by atoms with Gasteiger partial charge in [-0.3, -0.25) is 9.69 Å². The molecule has 8 heteroatoms. The summed E-state index contributed by atoms with van der Waals surface area (Å²) in [5, 5.41) is -0.890. The molecule has 1 atom stereocenters. The largest absolute Gasteiger partial charge is 0.494 e. The minimum atomic E-state index is -3.75. The van der Waals surface area contributed by atoms with Crippen LogP contribution >= 0.6 is 10.7 Å². The lowest BCUT2D eigenvalue weighted by molar-refractivity contribution is -0.117. The first-order valence-electron chi connectivity index (χ1n) is 5.74. The summed E-state index contributed by atoms with van der Waals surface area (Å²) >= 11 is 0. The van der Waals surface area contributed by atoms with Gasteiger partial charge in [0.25, 0.3) is 0 Å². The van der Waals surface area contributed by atoms with Crippen LogP contribution in [0.4, 0.5) is 5.82 Å². The standard InChI is InChI=1S/C11H13ClN2O4S/c1-2-18-8-3-4-13-10(5-8)14-7-9(6-11(14)15)19(12,16)17/h3-5,9H,2,6-7H2,1H3. The summed E-state index contributed by atoms with van der Waals surface area (Å²) < 4.78 is 27.8. The van der Waals surface area contributed by atoms with Gasteiger partial charge in [-0.15, -0.1) is 0 Å². The maximum atomic E-state index is 11.8. The molecule has 19 heavy (non-hydrogen) atoms. The summed E-state index contributed by atoms with van der Waals surface area (Å²) in [5.74, 6) is 0.645. The van der Waals surface area contributed by atoms with Crippen molar-refractivity contribution in [2.45, 2.75) is 18.6 Å². The third-order valence-electron chi connectivity index (χ3n) is 2.79. The number of pyridine rings is 1. The van der Waals surface area contributed by atoms with E-state index in [1.54, 1.807) is 12.1 Å². The van der Waals surface area contributed by atoms with E-state index in [1.807, 2.05) is 6.92 Å². The van der Waals surface area contributed by atoms with Crippen molar-refractivity contribution in [1.82, 2.24) is 4.98 Å². The fraction of sp³-hybridized carbons (Fsp3) is 0.455. The van der Waals surface area contributed by atoms with Crippen molar-refractivity contribution in [3.05, 3.63) is 18.3 Å². The van der Waals surface area contributed by atoms with E-state index in [2.05, 4.69) is 4.98 Å². The van der Waals surface area contributed by atoms with Gasteiger partial charge >= 0.3 is 0 Å². The van der Waals surface area contributed by atoms with Crippen LogP contribution in [-0.4, -0.2) is 37.7 Å². The zero-order valence-electron chi connectivity index (χ0n) is 10.2. The molecule has 1 unspecified atom stereocenters. The van der Waals surface area contributed by atoms with Gasteiger partial charge in [-0.25, -0.2) is 13.4 Å². The average Bonchev–Trinajstić information content (AvgIpc) is 2.72. The number of amides is 1. The molecule has 6 nitrogen and oxygen atoms in total. The lowest BCUT2D eigenvalue weighted by Crippen LogP contribution is -2.27. The molecule has 1 aromatic heterocycles. The molecule has 0 aliphatic carbocycles. The van der Waals surface area contributed by atoms with Crippen LogP contribution in [0.2, 0.25) is 0 Å². The van der Waals surface area contributed by atoms with Crippen LogP contribution in [0.15, 0.2) is 18.3 Å². The Kier molecular flexibility index (Phi) is 3.96. The zero-order chi connectivity index (χ0) is 14.0. The number of aromatic nitrogens is 1. The minimum absolute atomic E-state index is 0.0211. The Morgan fingerprint density at radius 1 is 1.58 bits per heavy atom. The molecule has 1 aromatic rings. The van der Waals surface area contributed by atoms with Crippen molar-refractivity contribution in [1.29, 1.82) is 0 Å². The summed E-state index contributed by atoms with van der Waals surface area (Å²) in [6.07, 6.45) is 1.39. The fourth-order valence-corrected chi connectivity index (χ4v) is 2.92. The monoisotopic (exact) mass is 304 g/mol. The predicted molar refractivity (Wildman–Crippen MR) is 70.9 cm³/mol. The Morgan fingerprint density at radius 3 is 2.89 bits per heavy atom. The molecule has 1 fully saturated rings. The van der Waals surface area contributed by atoms with Crippen molar-refractivity contribution in [2.75, 3.05) is 18.1 Å². The molecule has 0 saturated carbocycles. The van der Waals surface area contributed by atoms with Crippen LogP contribution in [0.3, 0.4) is 0 Å². The second-order valence-corrected chi connectivity index (χ2v) is 7.00. The third-order valence-corrected chi connectivity index (χ3v) is 4.66. The molecule has 2 heterocycles. The van der Waals surface area contributed by atoms with Gasteiger partial charge in [0, 0.05) is 35.9 Å². The van der Waals surface area contributed by atoms with Crippen molar-refractivity contribution >= 4 is 31.5 Å². The van der Waals surface area contributed by atoms with E-state index in [4.69, 9.17) is 15.4 Å². The molecular weight excluding hydrogens is 292 g/mol. The first kappa shape index (κ1) is 14.1. The van der Waals surface area contributed by atoms with Crippen molar-refractivity contribution < 1.29 is 17.9 Å². The van der Waals surface area contributed by atoms with Crippen LogP contribution in [0, 0.1) is 0 Å². The average molecular weight is 305 g/mol. The van der Waals surface area contributed by atoms with Crippen LogP contribution in [0.5, 0.6) is 5.75 Å². The van der Waals surface area contributed by atoms with E-state index in [0.717, 1.165) is 0 Å². The van der Waals surface area contributed by atoms with E-state index >= 15 is 0 Å². The third kappa shape index (κ3) is 3.16. The number of anilines is 1. The van der Waals surface area contributed by atoms with Gasteiger partial charge in [0.2, 0.25) is 15.0 Å². The summed E-state index contributed by atoms with van der Waals surface area (Å²) in [6.45, 7) is 2.36. The number of ether oxygens (including phenoxy) is 1. The van der Waals surface area contributed by atoms with E-state index < -0.39 is 14.3 Å². The maximum absolute atomic E-state index is 11.8. The van der Waals surface area contributed by atoms with E-state index in [9.17, 15) is 13.2 Å². The molecule has 104 valence electrons. The Balaban J connectivity index is 2.23. The van der Waals surface area contributed by atoms with Gasteiger partial charge in [0.1, 0.15) is 16.8 Å². The highest BCUT2D eigenvalue weighted by atomic mass is 35.7. The van der Waals surface area contributed by atoms with Crippen LogP contribution < -0.4 is 9.64 Å². The van der Waals surface area contributed by atoms with Gasteiger partial charge in [0.05, 0.1) is 6.61 Å². The number of carbonyl (C=O) groups is 1. The van der Waals surface area contributed by atoms with Gasteiger partial charge in [-0.1, -0.05) is 0 Å². The number of rotatable bonds is 4. The van der Waals surface area contributed by atoms with E-state index in [1.165, 1.54) is 11.1 Å². The Bertz CT molecular complexity index is 590. The van der Waals surface area contributed by atoms with E-state index in [-0.39, 0.29) is 18.9 Å². The Morgan fingerprint density at radius 2 is 2.32 bits per heavy atom. The number of hydrogen-bond acceptors (Lipinski definition) is 5. The number of nitrogens with zero attached hydrogens (tertiary/aromatic N) is 2. The molecule has 1 amide bonds. The highest BCUT2D eigenvalue weighted by molar-refractivity contribution is 8.14. The topological polar surface area (TPSA) is 76.6 Å². The fourth-order valence-electron chi connectivity index (χ4n) is 1.89. The smallest absolute Gasteiger partial charge is 0.237 e. The molecule has 1 aliphatic rings. The Hall–Kier alpha value is -1.34. The first-order chi connectivity index (χ1) is 8.91. The zero-order valence-corrected chi connectivity index (χ0v) is 11.8. The van der Waals surface area contributed by atoms with Crippen molar-refractivity contribution in [3.8, 4) is 5.75 Å². The van der Waals surface area contributed by atoms with E-state index in [0.29, 0.717) is 18.2 Å². The minimum Gasteiger partial charge on any atom is -0.494 e. The lowest BCUT2D eigenvalue weighted by atomic mass is 10.4. The SMILES string of the molecule is CCOc1ccnc(N2CC(S(=O)(=O)Cl)CC2=O)c1. The highest BCUT2D eigenvalue weighted by Gasteiger charge is 2.38.